The van der Waals surface area contributed by atoms with Gasteiger partial charge in [-0.05, 0) is 62.3 Å². The van der Waals surface area contributed by atoms with Gasteiger partial charge in [0.1, 0.15) is 13.2 Å². The fraction of sp³-hybridized carbons (Fsp3) is 0.524. The number of amides is 1. The van der Waals surface area contributed by atoms with E-state index in [0.29, 0.717) is 25.6 Å². The summed E-state index contributed by atoms with van der Waals surface area (Å²) in [4.78, 5) is 12.7. The van der Waals surface area contributed by atoms with E-state index in [2.05, 4.69) is 17.3 Å². The van der Waals surface area contributed by atoms with Crippen molar-refractivity contribution >= 4 is 5.91 Å². The van der Waals surface area contributed by atoms with E-state index in [1.165, 1.54) is 5.56 Å². The molecule has 2 aliphatic rings. The minimum atomic E-state index is 0.0458. The van der Waals surface area contributed by atoms with Crippen molar-refractivity contribution in [1.82, 2.24) is 15.1 Å². The number of ether oxygens (including phenoxy) is 2. The van der Waals surface area contributed by atoms with Crippen LogP contribution in [0.15, 0.2) is 18.2 Å². The average Bonchev–Trinajstić information content (AvgIpc) is 3.47. The van der Waals surface area contributed by atoms with Gasteiger partial charge >= 0.3 is 0 Å². The summed E-state index contributed by atoms with van der Waals surface area (Å²) < 4.78 is 13.2. The highest BCUT2D eigenvalue weighted by Crippen LogP contribution is 2.43. The Labute approximate surface area is 159 Å². The maximum absolute atomic E-state index is 12.7. The van der Waals surface area contributed by atoms with Gasteiger partial charge < -0.3 is 14.8 Å². The highest BCUT2D eigenvalue weighted by molar-refractivity contribution is 5.77. The first kappa shape index (κ1) is 17.9. The van der Waals surface area contributed by atoms with E-state index in [4.69, 9.17) is 9.47 Å². The topological polar surface area (TPSA) is 65.4 Å². The molecule has 6 heteroatoms. The van der Waals surface area contributed by atoms with Crippen LogP contribution in [0.4, 0.5) is 0 Å². The molecule has 0 saturated heterocycles. The highest BCUT2D eigenvalue weighted by atomic mass is 16.6. The van der Waals surface area contributed by atoms with E-state index in [1.807, 2.05) is 36.9 Å². The Morgan fingerprint density at radius 3 is 2.67 bits per heavy atom. The maximum atomic E-state index is 12.7. The van der Waals surface area contributed by atoms with Crippen LogP contribution in [0.3, 0.4) is 0 Å². The standard InChI is InChI=1S/C21H27N3O3/c1-13-17(14(2)24(3)23-13)7-9-20(25)22-21(15-4-5-15)16-6-8-18-19(12-16)27-11-10-26-18/h6,8,12,15,21H,4-5,7,9-11H2,1-3H3,(H,22,25). The molecule has 1 aliphatic heterocycles. The number of nitrogens with zero attached hydrogens (tertiary/aromatic N) is 2. The zero-order valence-corrected chi connectivity index (χ0v) is 16.2. The molecular formula is C21H27N3O3. The molecule has 2 aromatic rings. The SMILES string of the molecule is Cc1nn(C)c(C)c1CCC(=O)NC(c1ccc2c(c1)OCCO2)C1CC1. The van der Waals surface area contributed by atoms with Gasteiger partial charge in [0.25, 0.3) is 0 Å². The summed E-state index contributed by atoms with van der Waals surface area (Å²) in [6.45, 7) is 5.21. The van der Waals surface area contributed by atoms with Gasteiger partial charge in [0, 0.05) is 19.2 Å². The monoisotopic (exact) mass is 369 g/mol. The van der Waals surface area contributed by atoms with Gasteiger partial charge in [-0.3, -0.25) is 9.48 Å². The van der Waals surface area contributed by atoms with Crippen LogP contribution in [-0.4, -0.2) is 28.9 Å². The van der Waals surface area contributed by atoms with E-state index in [-0.39, 0.29) is 11.9 Å². The molecule has 0 spiro atoms. The van der Waals surface area contributed by atoms with E-state index >= 15 is 0 Å². The third-order valence-electron chi connectivity index (χ3n) is 5.60. The Kier molecular flexibility index (Phi) is 4.81. The second-order valence-electron chi connectivity index (χ2n) is 7.56. The van der Waals surface area contributed by atoms with Crippen LogP contribution in [0, 0.1) is 19.8 Å². The second kappa shape index (κ2) is 7.25. The van der Waals surface area contributed by atoms with Crippen molar-refractivity contribution in [3.05, 3.63) is 40.7 Å². The van der Waals surface area contributed by atoms with E-state index in [1.54, 1.807) is 0 Å². The van der Waals surface area contributed by atoms with Crippen molar-refractivity contribution < 1.29 is 14.3 Å². The summed E-state index contributed by atoms with van der Waals surface area (Å²) in [5.74, 6) is 2.16. The summed E-state index contributed by atoms with van der Waals surface area (Å²) in [5.41, 5.74) is 4.41. The quantitative estimate of drug-likeness (QED) is 0.850. The van der Waals surface area contributed by atoms with Gasteiger partial charge in [-0.2, -0.15) is 5.10 Å². The van der Waals surface area contributed by atoms with E-state index < -0.39 is 0 Å². The normalized spacial score (nSPS) is 16.9. The van der Waals surface area contributed by atoms with Crippen LogP contribution in [0.1, 0.15) is 47.8 Å². The summed E-state index contributed by atoms with van der Waals surface area (Å²) in [7, 11) is 1.94. The molecule has 27 heavy (non-hydrogen) atoms. The van der Waals surface area contributed by atoms with E-state index in [0.717, 1.165) is 47.7 Å². The lowest BCUT2D eigenvalue weighted by Crippen LogP contribution is -2.30. The number of carbonyl (C=O) groups excluding carboxylic acids is 1. The molecule has 4 rings (SSSR count). The van der Waals surface area contributed by atoms with Crippen molar-refractivity contribution in [3.8, 4) is 11.5 Å². The van der Waals surface area contributed by atoms with Gasteiger partial charge in [0.05, 0.1) is 11.7 Å². The molecule has 1 fully saturated rings. The van der Waals surface area contributed by atoms with Gasteiger partial charge in [0.2, 0.25) is 5.91 Å². The molecular weight excluding hydrogens is 342 g/mol. The molecule has 1 aromatic heterocycles. The Hall–Kier alpha value is -2.50. The maximum Gasteiger partial charge on any atom is 0.220 e. The molecule has 0 bridgehead atoms. The summed E-state index contributed by atoms with van der Waals surface area (Å²) in [6, 6.07) is 6.07. The van der Waals surface area contributed by atoms with Crippen molar-refractivity contribution in [1.29, 1.82) is 0 Å². The molecule has 1 aromatic carbocycles. The smallest absolute Gasteiger partial charge is 0.220 e. The Bertz CT molecular complexity index is 855. The molecule has 1 amide bonds. The van der Waals surface area contributed by atoms with Crippen molar-refractivity contribution in [2.75, 3.05) is 13.2 Å². The molecule has 1 unspecified atom stereocenters. The Morgan fingerprint density at radius 1 is 1.26 bits per heavy atom. The molecule has 0 radical (unpaired) electrons. The second-order valence-corrected chi connectivity index (χ2v) is 7.56. The minimum absolute atomic E-state index is 0.0458. The molecule has 144 valence electrons. The number of nitrogens with one attached hydrogen (secondary N) is 1. The number of fused-ring (bicyclic) bond motifs is 1. The lowest BCUT2D eigenvalue weighted by molar-refractivity contribution is -0.122. The Morgan fingerprint density at radius 2 is 2.00 bits per heavy atom. The van der Waals surface area contributed by atoms with Gasteiger partial charge in [-0.15, -0.1) is 0 Å². The number of hydrogen-bond acceptors (Lipinski definition) is 4. The predicted molar refractivity (Wildman–Crippen MR) is 102 cm³/mol. The third kappa shape index (κ3) is 3.80. The van der Waals surface area contributed by atoms with Crippen LogP contribution < -0.4 is 14.8 Å². The number of hydrogen-bond donors (Lipinski definition) is 1. The lowest BCUT2D eigenvalue weighted by atomic mass is 10.0. The fourth-order valence-electron chi connectivity index (χ4n) is 3.82. The molecule has 6 nitrogen and oxygen atoms in total. The Balaban J connectivity index is 1.43. The summed E-state index contributed by atoms with van der Waals surface area (Å²) in [5, 5.41) is 7.69. The minimum Gasteiger partial charge on any atom is -0.486 e. The number of carbonyl (C=O) groups is 1. The zero-order chi connectivity index (χ0) is 19.0. The van der Waals surface area contributed by atoms with E-state index in [9.17, 15) is 4.79 Å². The van der Waals surface area contributed by atoms with Crippen LogP contribution in [0.25, 0.3) is 0 Å². The molecule has 1 aliphatic carbocycles. The van der Waals surface area contributed by atoms with Crippen LogP contribution in [0.2, 0.25) is 0 Å². The number of rotatable bonds is 6. The van der Waals surface area contributed by atoms with Crippen LogP contribution in [0.5, 0.6) is 11.5 Å². The number of aryl methyl sites for hydroxylation is 2. The van der Waals surface area contributed by atoms with Crippen LogP contribution in [-0.2, 0) is 18.3 Å². The van der Waals surface area contributed by atoms with Crippen LogP contribution >= 0.6 is 0 Å². The first-order chi connectivity index (χ1) is 13.0. The number of aromatic nitrogens is 2. The average molecular weight is 369 g/mol. The van der Waals surface area contributed by atoms with Gasteiger partial charge in [-0.25, -0.2) is 0 Å². The summed E-state index contributed by atoms with van der Waals surface area (Å²) >= 11 is 0. The first-order valence-corrected chi connectivity index (χ1v) is 9.71. The predicted octanol–water partition coefficient (Wildman–Crippen LogP) is 3.01. The van der Waals surface area contributed by atoms with Crippen molar-refractivity contribution in [2.45, 2.75) is 45.6 Å². The first-order valence-electron chi connectivity index (χ1n) is 9.71. The molecule has 2 heterocycles. The lowest BCUT2D eigenvalue weighted by Gasteiger charge is -2.23. The van der Waals surface area contributed by atoms with Crippen molar-refractivity contribution in [2.24, 2.45) is 13.0 Å². The zero-order valence-electron chi connectivity index (χ0n) is 16.2. The third-order valence-corrected chi connectivity index (χ3v) is 5.60. The molecule has 1 atom stereocenters. The number of benzene rings is 1. The highest BCUT2D eigenvalue weighted by Gasteiger charge is 2.34. The molecule has 1 N–H and O–H groups in total. The van der Waals surface area contributed by atoms with Gasteiger partial charge in [-0.1, -0.05) is 6.07 Å². The van der Waals surface area contributed by atoms with Crippen molar-refractivity contribution in [3.63, 3.8) is 0 Å². The van der Waals surface area contributed by atoms with Gasteiger partial charge in [0.15, 0.2) is 11.5 Å². The molecule has 1 saturated carbocycles. The summed E-state index contributed by atoms with van der Waals surface area (Å²) in [6.07, 6.45) is 3.50. The largest absolute Gasteiger partial charge is 0.486 e. The fourth-order valence-corrected chi connectivity index (χ4v) is 3.82.